The van der Waals surface area contributed by atoms with Gasteiger partial charge in [-0.25, -0.2) is 0 Å². The number of ketones is 1. The number of allylic oxidation sites excluding steroid dienone is 1. The minimum atomic E-state index is 0.0172. The number of hydrogen-bond donors (Lipinski definition) is 0. The zero-order chi connectivity index (χ0) is 18.1. The Morgan fingerprint density at radius 3 is 2.40 bits per heavy atom. The third kappa shape index (κ3) is 6.56. The van der Waals surface area contributed by atoms with Crippen LogP contribution in [0.3, 0.4) is 0 Å². The molecule has 0 bridgehead atoms. The number of carbonyl (C=O) groups excluding carboxylic acids is 1. The van der Waals surface area contributed by atoms with Crippen LogP contribution in [0.5, 0.6) is 0 Å². The topological polar surface area (TPSA) is 17.1 Å². The van der Waals surface area contributed by atoms with Crippen molar-refractivity contribution in [3.63, 3.8) is 0 Å². The first-order valence-corrected chi connectivity index (χ1v) is 10.5. The van der Waals surface area contributed by atoms with E-state index in [4.69, 9.17) is 0 Å². The lowest BCUT2D eigenvalue weighted by Crippen LogP contribution is -1.94. The lowest BCUT2D eigenvalue weighted by molar-refractivity contribution is 0.104. The Hall–Kier alpha value is -1.19. The molecule has 0 aliphatic rings. The van der Waals surface area contributed by atoms with Gasteiger partial charge in [-0.2, -0.15) is 0 Å². The van der Waals surface area contributed by atoms with Crippen LogP contribution in [0, 0.1) is 0 Å². The Kier molecular flexibility index (Phi) is 8.63. The van der Waals surface area contributed by atoms with E-state index < -0.39 is 0 Å². The van der Waals surface area contributed by atoms with E-state index >= 15 is 0 Å². The van der Waals surface area contributed by atoms with E-state index in [0.29, 0.717) is 5.56 Å². The molecular formula is C22H24Br2O. The van der Waals surface area contributed by atoms with Crippen LogP contribution in [0.15, 0.2) is 57.5 Å². The number of rotatable bonds is 9. The number of carbonyl (C=O) groups is 1. The second kappa shape index (κ2) is 10.7. The van der Waals surface area contributed by atoms with Crippen LogP contribution in [-0.4, -0.2) is 5.78 Å². The molecule has 1 nitrogen and oxygen atoms in total. The van der Waals surface area contributed by atoms with Crippen molar-refractivity contribution in [2.45, 2.75) is 45.4 Å². The highest BCUT2D eigenvalue weighted by atomic mass is 79.9. The summed E-state index contributed by atoms with van der Waals surface area (Å²) in [5, 5.41) is 0. The molecular weight excluding hydrogens is 440 g/mol. The van der Waals surface area contributed by atoms with Gasteiger partial charge in [-0.15, -0.1) is 0 Å². The SMILES string of the molecule is CCCCCCCc1cc(Br)c(C=CC(=O)c2ccccc2)cc1Br. The van der Waals surface area contributed by atoms with Crippen molar-refractivity contribution in [2.24, 2.45) is 0 Å². The molecule has 0 aliphatic heterocycles. The van der Waals surface area contributed by atoms with Crippen molar-refractivity contribution in [2.75, 3.05) is 0 Å². The molecule has 0 unspecified atom stereocenters. The van der Waals surface area contributed by atoms with E-state index in [-0.39, 0.29) is 5.78 Å². The molecule has 0 saturated carbocycles. The van der Waals surface area contributed by atoms with Crippen LogP contribution in [-0.2, 0) is 6.42 Å². The van der Waals surface area contributed by atoms with Gasteiger partial charge in [0.1, 0.15) is 0 Å². The van der Waals surface area contributed by atoms with Crippen LogP contribution >= 0.6 is 31.9 Å². The number of halogens is 2. The molecule has 0 saturated heterocycles. The van der Waals surface area contributed by atoms with E-state index in [0.717, 1.165) is 20.9 Å². The molecule has 132 valence electrons. The fourth-order valence-corrected chi connectivity index (χ4v) is 3.79. The lowest BCUT2D eigenvalue weighted by atomic mass is 10.0. The molecule has 0 aliphatic carbocycles. The maximum atomic E-state index is 12.2. The summed E-state index contributed by atoms with van der Waals surface area (Å²) in [6.07, 6.45) is 11.0. The van der Waals surface area contributed by atoms with Gasteiger partial charge in [-0.3, -0.25) is 4.79 Å². The second-order valence-corrected chi connectivity index (χ2v) is 7.90. The van der Waals surface area contributed by atoms with Crippen molar-refractivity contribution in [3.8, 4) is 0 Å². The molecule has 0 heterocycles. The number of benzene rings is 2. The first kappa shape index (κ1) is 20.1. The molecule has 0 amide bonds. The summed E-state index contributed by atoms with van der Waals surface area (Å²) in [4.78, 5) is 12.2. The lowest BCUT2D eigenvalue weighted by Gasteiger charge is -2.08. The van der Waals surface area contributed by atoms with Gasteiger partial charge in [-0.05, 0) is 48.3 Å². The highest BCUT2D eigenvalue weighted by molar-refractivity contribution is 9.11. The zero-order valence-electron chi connectivity index (χ0n) is 14.6. The molecule has 0 spiro atoms. The zero-order valence-corrected chi connectivity index (χ0v) is 17.8. The molecule has 2 rings (SSSR count). The van der Waals surface area contributed by atoms with E-state index in [1.165, 1.54) is 37.7 Å². The smallest absolute Gasteiger partial charge is 0.185 e. The van der Waals surface area contributed by atoms with Crippen LogP contribution < -0.4 is 0 Å². The Morgan fingerprint density at radius 1 is 0.960 bits per heavy atom. The van der Waals surface area contributed by atoms with Gasteiger partial charge in [0, 0.05) is 14.5 Å². The fraction of sp³-hybridized carbons (Fsp3) is 0.318. The summed E-state index contributed by atoms with van der Waals surface area (Å²) < 4.78 is 2.13. The Labute approximate surface area is 167 Å². The van der Waals surface area contributed by atoms with Gasteiger partial charge in [0.2, 0.25) is 0 Å². The highest BCUT2D eigenvalue weighted by Crippen LogP contribution is 2.28. The van der Waals surface area contributed by atoms with Gasteiger partial charge in [0.05, 0.1) is 0 Å². The third-order valence-electron chi connectivity index (χ3n) is 4.19. The molecule has 2 aromatic carbocycles. The summed E-state index contributed by atoms with van der Waals surface area (Å²) in [5.74, 6) is 0.0172. The van der Waals surface area contributed by atoms with Gasteiger partial charge < -0.3 is 0 Å². The summed E-state index contributed by atoms with van der Waals surface area (Å²) in [6, 6.07) is 13.6. The van der Waals surface area contributed by atoms with Crippen molar-refractivity contribution < 1.29 is 4.79 Å². The maximum absolute atomic E-state index is 12.2. The number of aryl methyl sites for hydroxylation is 1. The Balaban J connectivity index is 2.01. The highest BCUT2D eigenvalue weighted by Gasteiger charge is 2.06. The van der Waals surface area contributed by atoms with Crippen LogP contribution in [0.2, 0.25) is 0 Å². The molecule has 2 aromatic rings. The Bertz CT molecular complexity index is 720. The predicted octanol–water partition coefficient (Wildman–Crippen LogP) is 7.62. The predicted molar refractivity (Wildman–Crippen MR) is 114 cm³/mol. The van der Waals surface area contributed by atoms with Crippen molar-refractivity contribution in [1.29, 1.82) is 0 Å². The minimum absolute atomic E-state index is 0.0172. The molecule has 0 atom stereocenters. The standard InChI is InChI=1S/C22H24Br2O/c1-2-3-4-5-7-12-18-15-21(24)19(16-20(18)23)13-14-22(25)17-10-8-6-9-11-17/h6,8-11,13-16H,2-5,7,12H2,1H3. The molecule has 0 radical (unpaired) electrons. The summed E-state index contributed by atoms with van der Waals surface area (Å²) in [5.41, 5.74) is 3.03. The van der Waals surface area contributed by atoms with Crippen molar-refractivity contribution in [1.82, 2.24) is 0 Å². The van der Waals surface area contributed by atoms with Gasteiger partial charge >= 0.3 is 0 Å². The normalized spacial score (nSPS) is 11.2. The van der Waals surface area contributed by atoms with E-state index in [1.807, 2.05) is 36.4 Å². The van der Waals surface area contributed by atoms with Crippen LogP contribution in [0.25, 0.3) is 6.08 Å². The quantitative estimate of drug-likeness (QED) is 0.212. The third-order valence-corrected chi connectivity index (χ3v) is 5.61. The summed E-state index contributed by atoms with van der Waals surface area (Å²) in [6.45, 7) is 2.24. The average Bonchev–Trinajstić information content (AvgIpc) is 2.63. The summed E-state index contributed by atoms with van der Waals surface area (Å²) >= 11 is 7.31. The fourth-order valence-electron chi connectivity index (χ4n) is 2.71. The van der Waals surface area contributed by atoms with Crippen LogP contribution in [0.1, 0.15) is 60.5 Å². The largest absolute Gasteiger partial charge is 0.289 e. The van der Waals surface area contributed by atoms with E-state index in [1.54, 1.807) is 6.08 Å². The molecule has 3 heteroatoms. The summed E-state index contributed by atoms with van der Waals surface area (Å²) in [7, 11) is 0. The van der Waals surface area contributed by atoms with Crippen LogP contribution in [0.4, 0.5) is 0 Å². The molecule has 0 fully saturated rings. The monoisotopic (exact) mass is 462 g/mol. The van der Waals surface area contributed by atoms with Crippen molar-refractivity contribution >= 4 is 43.7 Å². The Morgan fingerprint density at radius 2 is 1.68 bits per heavy atom. The molecule has 0 aromatic heterocycles. The first-order chi connectivity index (χ1) is 12.1. The van der Waals surface area contributed by atoms with E-state index in [2.05, 4.69) is 50.9 Å². The minimum Gasteiger partial charge on any atom is -0.289 e. The number of hydrogen-bond acceptors (Lipinski definition) is 1. The van der Waals surface area contributed by atoms with Gasteiger partial charge in [0.25, 0.3) is 0 Å². The molecule has 0 N–H and O–H groups in total. The number of unbranched alkanes of at least 4 members (excludes halogenated alkanes) is 4. The van der Waals surface area contributed by atoms with Gasteiger partial charge in [0.15, 0.2) is 5.78 Å². The van der Waals surface area contributed by atoms with Crippen molar-refractivity contribution in [3.05, 3.63) is 74.2 Å². The maximum Gasteiger partial charge on any atom is 0.185 e. The van der Waals surface area contributed by atoms with E-state index in [9.17, 15) is 4.79 Å². The second-order valence-electron chi connectivity index (χ2n) is 6.19. The molecule has 25 heavy (non-hydrogen) atoms. The first-order valence-electron chi connectivity index (χ1n) is 8.87. The van der Waals surface area contributed by atoms with Gasteiger partial charge in [-0.1, -0.05) is 94.8 Å². The average molecular weight is 464 g/mol.